The molecule has 5 aromatic rings. The minimum absolute atomic E-state index is 0.0348. The van der Waals surface area contributed by atoms with E-state index < -0.39 is 29.3 Å². The van der Waals surface area contributed by atoms with E-state index in [-0.39, 0.29) is 17.9 Å². The van der Waals surface area contributed by atoms with E-state index in [4.69, 9.17) is 20.8 Å². The molecule has 0 bridgehead atoms. The lowest BCUT2D eigenvalue weighted by molar-refractivity contribution is -0.130. The van der Waals surface area contributed by atoms with E-state index in [1.54, 1.807) is 24.3 Å². The number of para-hydroxylation sites is 1. The number of nitrogens with zero attached hydrogens (tertiary/aromatic N) is 1. The second kappa shape index (κ2) is 9.32. The molecule has 0 spiro atoms. The normalized spacial score (nSPS) is 15.6. The van der Waals surface area contributed by atoms with Gasteiger partial charge in [-0.15, -0.1) is 0 Å². The number of ether oxygens (including phenoxy) is 1. The van der Waals surface area contributed by atoms with E-state index in [9.17, 15) is 19.1 Å². The highest BCUT2D eigenvalue weighted by Gasteiger charge is 2.46. The third kappa shape index (κ3) is 4.04. The van der Waals surface area contributed by atoms with E-state index in [2.05, 4.69) is 4.98 Å². The number of aliphatic hydroxyl groups is 1. The molecule has 2 N–H and O–H groups in total. The summed E-state index contributed by atoms with van der Waals surface area (Å²) in [5.74, 6) is -2.17. The summed E-state index contributed by atoms with van der Waals surface area (Å²) in [6, 6.07) is 17.0. The molecule has 1 atom stereocenters. The quantitative estimate of drug-likeness (QED) is 0.229. The van der Waals surface area contributed by atoms with Crippen LogP contribution in [0, 0.1) is 12.7 Å². The molecule has 0 saturated carbocycles. The summed E-state index contributed by atoms with van der Waals surface area (Å²) in [6.45, 7) is 1.88. The summed E-state index contributed by atoms with van der Waals surface area (Å²) in [7, 11) is 1.46. The van der Waals surface area contributed by atoms with Gasteiger partial charge in [-0.05, 0) is 42.8 Å². The van der Waals surface area contributed by atoms with Crippen molar-refractivity contribution >= 4 is 45.2 Å². The van der Waals surface area contributed by atoms with Crippen LogP contribution in [0.4, 0.5) is 4.39 Å². The van der Waals surface area contributed by atoms with Gasteiger partial charge in [-0.2, -0.15) is 0 Å². The Hall–Kier alpha value is -4.56. The summed E-state index contributed by atoms with van der Waals surface area (Å²) in [4.78, 5) is 32.3. The van der Waals surface area contributed by atoms with E-state index in [0.717, 1.165) is 16.6 Å². The monoisotopic (exact) mass is 544 g/mol. The molecule has 6 rings (SSSR count). The van der Waals surface area contributed by atoms with E-state index >= 15 is 0 Å². The highest BCUT2D eigenvalue weighted by Crippen LogP contribution is 2.44. The molecule has 1 aliphatic rings. The first-order chi connectivity index (χ1) is 18.8. The maximum Gasteiger partial charge on any atom is 0.290 e. The molecule has 39 heavy (non-hydrogen) atoms. The van der Waals surface area contributed by atoms with Crippen LogP contribution in [0.5, 0.6) is 5.75 Å². The first kappa shape index (κ1) is 24.8. The Labute approximate surface area is 227 Å². The number of carbonyl (C=O) groups excluding carboxylic acids is 2. The van der Waals surface area contributed by atoms with Crippen molar-refractivity contribution in [3.63, 3.8) is 0 Å². The number of aromatic amines is 1. The molecule has 9 heteroatoms. The first-order valence-corrected chi connectivity index (χ1v) is 12.5. The van der Waals surface area contributed by atoms with Gasteiger partial charge in [-0.3, -0.25) is 9.59 Å². The van der Waals surface area contributed by atoms with Crippen molar-refractivity contribution < 1.29 is 28.2 Å². The molecule has 0 fully saturated rings. The topological polar surface area (TPSA) is 95.8 Å². The number of carbonyl (C=O) groups is 2. The van der Waals surface area contributed by atoms with Crippen LogP contribution in [0.25, 0.3) is 21.9 Å². The average Bonchev–Trinajstić information content (AvgIpc) is 3.56. The minimum Gasteiger partial charge on any atom is -0.503 e. The number of rotatable bonds is 6. The number of nitrogens with one attached hydrogen (secondary N) is 1. The zero-order chi connectivity index (χ0) is 27.4. The summed E-state index contributed by atoms with van der Waals surface area (Å²) in [5.41, 5.74) is 3.07. The molecule has 7 nitrogen and oxygen atoms in total. The number of Topliss-reactive ketones (excluding diaryl/α,β-unsaturated/α-hetero) is 1. The zero-order valence-electron chi connectivity index (χ0n) is 20.9. The predicted molar refractivity (Wildman–Crippen MR) is 144 cm³/mol. The number of H-pyrrole nitrogens is 1. The minimum atomic E-state index is -0.940. The number of hydrogen-bond acceptors (Lipinski definition) is 5. The summed E-state index contributed by atoms with van der Waals surface area (Å²) in [5, 5.41) is 12.9. The molecule has 2 aromatic heterocycles. The first-order valence-electron chi connectivity index (χ1n) is 12.1. The van der Waals surface area contributed by atoms with Gasteiger partial charge >= 0.3 is 0 Å². The van der Waals surface area contributed by atoms with Crippen LogP contribution < -0.4 is 4.74 Å². The fourth-order valence-electron chi connectivity index (χ4n) is 5.27. The van der Waals surface area contributed by atoms with Crippen molar-refractivity contribution in [3.05, 3.63) is 111 Å². The number of halogens is 2. The van der Waals surface area contributed by atoms with Crippen molar-refractivity contribution in [1.29, 1.82) is 0 Å². The Morgan fingerprint density at radius 3 is 2.64 bits per heavy atom. The van der Waals surface area contributed by atoms with Crippen molar-refractivity contribution in [3.8, 4) is 5.75 Å². The second-order valence-corrected chi connectivity index (χ2v) is 9.84. The number of benzene rings is 3. The molecule has 196 valence electrons. The van der Waals surface area contributed by atoms with Crippen LogP contribution in [-0.4, -0.2) is 33.8 Å². The summed E-state index contributed by atoms with van der Waals surface area (Å²) in [6.07, 6.45) is 0. The van der Waals surface area contributed by atoms with Crippen molar-refractivity contribution in [2.75, 3.05) is 7.11 Å². The number of hydrogen-bond donors (Lipinski definition) is 2. The number of aliphatic hydroxyl groups excluding tert-OH is 1. The maximum atomic E-state index is 14.0. The fraction of sp³-hybridized carbons (Fsp3) is 0.133. The lowest BCUT2D eigenvalue weighted by Gasteiger charge is -2.27. The van der Waals surface area contributed by atoms with Gasteiger partial charge in [-0.1, -0.05) is 41.9 Å². The van der Waals surface area contributed by atoms with Gasteiger partial charge < -0.3 is 24.1 Å². The fourth-order valence-corrected chi connectivity index (χ4v) is 5.48. The number of fused-ring (bicyclic) bond motifs is 2. The maximum absolute atomic E-state index is 14.0. The van der Waals surface area contributed by atoms with Crippen LogP contribution in [0.2, 0.25) is 5.02 Å². The van der Waals surface area contributed by atoms with Crippen LogP contribution in [0.3, 0.4) is 0 Å². The zero-order valence-corrected chi connectivity index (χ0v) is 21.7. The van der Waals surface area contributed by atoms with E-state index in [0.29, 0.717) is 32.9 Å². The van der Waals surface area contributed by atoms with Crippen LogP contribution in [0.1, 0.15) is 33.4 Å². The number of amides is 1. The Morgan fingerprint density at radius 2 is 1.90 bits per heavy atom. The van der Waals surface area contributed by atoms with Gasteiger partial charge in [0.05, 0.1) is 18.7 Å². The molecule has 1 unspecified atom stereocenters. The van der Waals surface area contributed by atoms with Crippen molar-refractivity contribution in [2.24, 2.45) is 0 Å². The van der Waals surface area contributed by atoms with Crippen LogP contribution in [-0.2, 0) is 11.3 Å². The number of ketones is 1. The smallest absolute Gasteiger partial charge is 0.290 e. The molecule has 0 aliphatic carbocycles. The molecule has 0 radical (unpaired) electrons. The Bertz CT molecular complexity index is 1820. The van der Waals surface area contributed by atoms with Crippen LogP contribution in [0.15, 0.2) is 82.5 Å². The molecular weight excluding hydrogens is 523 g/mol. The lowest BCUT2D eigenvalue weighted by Crippen LogP contribution is -2.31. The number of aryl methyl sites for hydroxylation is 1. The van der Waals surface area contributed by atoms with Gasteiger partial charge in [0, 0.05) is 45.2 Å². The summed E-state index contributed by atoms with van der Waals surface area (Å²) < 4.78 is 24.8. The Morgan fingerprint density at radius 1 is 1.15 bits per heavy atom. The van der Waals surface area contributed by atoms with E-state index in [1.165, 1.54) is 30.2 Å². The number of aromatic nitrogens is 1. The highest BCUT2D eigenvalue weighted by molar-refractivity contribution is 6.31. The summed E-state index contributed by atoms with van der Waals surface area (Å²) >= 11 is 6.20. The Balaban J connectivity index is 1.52. The third-order valence-electron chi connectivity index (χ3n) is 7.02. The number of furan rings is 1. The van der Waals surface area contributed by atoms with Crippen LogP contribution >= 0.6 is 11.6 Å². The number of methoxy groups -OCH3 is 1. The molecular formula is C30H22ClFN2O5. The highest BCUT2D eigenvalue weighted by atomic mass is 35.5. The molecule has 1 aliphatic heterocycles. The van der Waals surface area contributed by atoms with E-state index in [1.807, 2.05) is 31.2 Å². The molecule has 3 heterocycles. The lowest BCUT2D eigenvalue weighted by atomic mass is 9.92. The van der Waals surface area contributed by atoms with Crippen molar-refractivity contribution in [2.45, 2.75) is 19.5 Å². The van der Waals surface area contributed by atoms with Gasteiger partial charge in [0.1, 0.15) is 5.82 Å². The average molecular weight is 545 g/mol. The van der Waals surface area contributed by atoms with Gasteiger partial charge in [0.2, 0.25) is 5.78 Å². The third-order valence-corrected chi connectivity index (χ3v) is 7.24. The molecule has 1 amide bonds. The van der Waals surface area contributed by atoms with Gasteiger partial charge in [0.25, 0.3) is 5.91 Å². The predicted octanol–water partition coefficient (Wildman–Crippen LogP) is 6.80. The largest absolute Gasteiger partial charge is 0.503 e. The standard InChI is InChI=1S/C30H22ClFN2O5/c1-15-24(20-5-3-4-6-21(20)33-15)26-25(28(36)30(37)34(26)14-16-7-9-19(32)10-8-16)27(35)22-12-17-11-18(31)13-23(38-2)29(17)39-22/h3-13,26,33,36H,14H2,1-2H3. The molecule has 0 saturated heterocycles. The van der Waals surface area contributed by atoms with Crippen molar-refractivity contribution in [1.82, 2.24) is 9.88 Å². The Kier molecular flexibility index (Phi) is 5.92. The van der Waals surface area contributed by atoms with Gasteiger partial charge in [-0.25, -0.2) is 4.39 Å². The molecule has 3 aromatic carbocycles. The second-order valence-electron chi connectivity index (χ2n) is 9.40. The SMILES string of the molecule is COc1cc(Cl)cc2cc(C(=O)C3=C(O)C(=O)N(Cc4ccc(F)cc4)C3c3c(C)[nH]c4ccccc34)oc12. The van der Waals surface area contributed by atoms with Gasteiger partial charge in [0.15, 0.2) is 22.9 Å².